The van der Waals surface area contributed by atoms with Gasteiger partial charge in [-0.05, 0) is 11.1 Å². The van der Waals surface area contributed by atoms with E-state index in [0.29, 0.717) is 6.04 Å². The van der Waals surface area contributed by atoms with Crippen LogP contribution in [0.3, 0.4) is 0 Å². The van der Waals surface area contributed by atoms with E-state index in [2.05, 4.69) is 92.6 Å². The van der Waals surface area contributed by atoms with Gasteiger partial charge in [-0.2, -0.15) is 0 Å². The molecule has 5 rings (SSSR count). The van der Waals surface area contributed by atoms with Crippen LogP contribution >= 0.6 is 0 Å². The van der Waals surface area contributed by atoms with Gasteiger partial charge in [0.25, 0.3) is 0 Å². The summed E-state index contributed by atoms with van der Waals surface area (Å²) in [6.07, 6.45) is 1.98. The summed E-state index contributed by atoms with van der Waals surface area (Å²) in [6.45, 7) is 5.11. The quantitative estimate of drug-likeness (QED) is 0.488. The number of aromatic nitrogens is 2. The lowest BCUT2D eigenvalue weighted by Crippen LogP contribution is -2.47. The molecule has 31 heavy (non-hydrogen) atoms. The van der Waals surface area contributed by atoms with Crippen molar-refractivity contribution in [3.05, 3.63) is 114 Å². The molecule has 1 saturated heterocycles. The van der Waals surface area contributed by atoms with Crippen molar-refractivity contribution in [2.45, 2.75) is 12.6 Å². The van der Waals surface area contributed by atoms with Crippen molar-refractivity contribution < 1.29 is 0 Å². The number of H-pyrrole nitrogens is 1. The molecule has 0 saturated carbocycles. The Labute approximate surface area is 184 Å². The van der Waals surface area contributed by atoms with Gasteiger partial charge < -0.3 is 4.98 Å². The fourth-order valence-corrected chi connectivity index (χ4v) is 4.49. The molecule has 0 aliphatic carbocycles. The highest BCUT2D eigenvalue weighted by Gasteiger charge is 2.26. The summed E-state index contributed by atoms with van der Waals surface area (Å²) < 4.78 is 0. The van der Waals surface area contributed by atoms with E-state index in [4.69, 9.17) is 0 Å². The van der Waals surface area contributed by atoms with Crippen molar-refractivity contribution >= 4 is 0 Å². The van der Waals surface area contributed by atoms with Crippen molar-refractivity contribution in [3.63, 3.8) is 0 Å². The van der Waals surface area contributed by atoms with E-state index < -0.39 is 0 Å². The normalized spacial score (nSPS) is 15.4. The fourth-order valence-electron chi connectivity index (χ4n) is 4.49. The predicted molar refractivity (Wildman–Crippen MR) is 126 cm³/mol. The molecule has 0 spiro atoms. The molecule has 4 nitrogen and oxygen atoms in total. The van der Waals surface area contributed by atoms with Gasteiger partial charge >= 0.3 is 0 Å². The van der Waals surface area contributed by atoms with E-state index in [1.807, 2.05) is 24.4 Å². The molecule has 0 amide bonds. The van der Waals surface area contributed by atoms with Crippen LogP contribution in [0.4, 0.5) is 0 Å². The highest BCUT2D eigenvalue weighted by atomic mass is 15.3. The summed E-state index contributed by atoms with van der Waals surface area (Å²) >= 11 is 0. The first-order valence-corrected chi connectivity index (χ1v) is 11.0. The molecule has 0 unspecified atom stereocenters. The number of imidazole rings is 1. The monoisotopic (exact) mass is 408 g/mol. The van der Waals surface area contributed by atoms with Crippen molar-refractivity contribution in [3.8, 4) is 11.4 Å². The molecule has 1 aliphatic heterocycles. The van der Waals surface area contributed by atoms with Crippen LogP contribution in [-0.4, -0.2) is 45.9 Å². The lowest BCUT2D eigenvalue weighted by molar-refractivity contribution is 0.104. The zero-order chi connectivity index (χ0) is 20.9. The topological polar surface area (TPSA) is 35.2 Å². The Bertz CT molecular complexity index is 1030. The number of hydrogen-bond acceptors (Lipinski definition) is 3. The van der Waals surface area contributed by atoms with Gasteiger partial charge in [0, 0.05) is 50.2 Å². The van der Waals surface area contributed by atoms with E-state index in [9.17, 15) is 0 Å². The van der Waals surface area contributed by atoms with Crippen LogP contribution in [0.5, 0.6) is 0 Å². The lowest BCUT2D eigenvalue weighted by Gasteiger charge is -2.39. The Morgan fingerprint density at radius 1 is 0.710 bits per heavy atom. The molecule has 3 aromatic carbocycles. The van der Waals surface area contributed by atoms with Gasteiger partial charge in [0.2, 0.25) is 0 Å². The van der Waals surface area contributed by atoms with Gasteiger partial charge in [-0.15, -0.1) is 0 Å². The molecule has 0 atom stereocenters. The molecule has 1 aromatic heterocycles. The van der Waals surface area contributed by atoms with E-state index in [1.165, 1.54) is 16.8 Å². The van der Waals surface area contributed by atoms with Crippen molar-refractivity contribution in [1.82, 2.24) is 19.8 Å². The SMILES string of the molecule is c1ccc(-c2ncc(CN3CCN(C(c4ccccc4)c4ccccc4)CC3)[nH]2)cc1. The van der Waals surface area contributed by atoms with Crippen LogP contribution in [0, 0.1) is 0 Å². The number of hydrogen-bond donors (Lipinski definition) is 1. The van der Waals surface area contributed by atoms with Gasteiger partial charge in [-0.3, -0.25) is 9.80 Å². The van der Waals surface area contributed by atoms with Gasteiger partial charge in [0.15, 0.2) is 0 Å². The molecule has 1 aliphatic rings. The maximum Gasteiger partial charge on any atom is 0.137 e. The van der Waals surface area contributed by atoms with Crippen LogP contribution in [0.2, 0.25) is 0 Å². The molecule has 4 aromatic rings. The van der Waals surface area contributed by atoms with Crippen LogP contribution in [0.15, 0.2) is 97.2 Å². The van der Waals surface area contributed by atoms with E-state index in [0.717, 1.165) is 44.1 Å². The largest absolute Gasteiger partial charge is 0.341 e. The number of aromatic amines is 1. The van der Waals surface area contributed by atoms with Crippen LogP contribution in [0.25, 0.3) is 11.4 Å². The first-order chi connectivity index (χ1) is 15.4. The third kappa shape index (κ3) is 4.61. The Morgan fingerprint density at radius 2 is 1.26 bits per heavy atom. The number of nitrogens with one attached hydrogen (secondary N) is 1. The number of benzene rings is 3. The average Bonchev–Trinajstić information content (AvgIpc) is 3.31. The minimum atomic E-state index is 0.307. The second-order valence-corrected chi connectivity index (χ2v) is 8.16. The van der Waals surface area contributed by atoms with Crippen LogP contribution in [-0.2, 0) is 6.54 Å². The molecular formula is C27H28N4. The lowest BCUT2D eigenvalue weighted by atomic mass is 9.96. The summed E-state index contributed by atoms with van der Waals surface area (Å²) in [5, 5.41) is 0. The molecule has 4 heteroatoms. The summed E-state index contributed by atoms with van der Waals surface area (Å²) in [5.74, 6) is 0.947. The summed E-state index contributed by atoms with van der Waals surface area (Å²) in [5.41, 5.74) is 5.04. The third-order valence-corrected chi connectivity index (χ3v) is 6.07. The van der Waals surface area contributed by atoms with Crippen LogP contribution in [0.1, 0.15) is 22.9 Å². The molecule has 156 valence electrons. The van der Waals surface area contributed by atoms with Gasteiger partial charge in [0.05, 0.1) is 6.04 Å². The van der Waals surface area contributed by atoms with Crippen LogP contribution < -0.4 is 0 Å². The highest BCUT2D eigenvalue weighted by Crippen LogP contribution is 2.29. The first kappa shape index (κ1) is 19.7. The maximum atomic E-state index is 4.58. The molecule has 1 fully saturated rings. The minimum absolute atomic E-state index is 0.307. The molecule has 0 bridgehead atoms. The number of nitrogens with zero attached hydrogens (tertiary/aromatic N) is 3. The van der Waals surface area contributed by atoms with Gasteiger partial charge in [0.1, 0.15) is 5.82 Å². The van der Waals surface area contributed by atoms with E-state index >= 15 is 0 Å². The fraction of sp³-hybridized carbons (Fsp3) is 0.222. The van der Waals surface area contributed by atoms with Crippen molar-refractivity contribution in [2.75, 3.05) is 26.2 Å². The summed E-state index contributed by atoms with van der Waals surface area (Å²) in [6, 6.07) is 32.4. The molecular weight excluding hydrogens is 380 g/mol. The second-order valence-electron chi connectivity index (χ2n) is 8.16. The molecule has 2 heterocycles. The van der Waals surface area contributed by atoms with E-state index in [1.54, 1.807) is 0 Å². The maximum absolute atomic E-state index is 4.58. The summed E-state index contributed by atoms with van der Waals surface area (Å²) in [4.78, 5) is 13.2. The molecule has 1 N–H and O–H groups in total. The minimum Gasteiger partial charge on any atom is -0.341 e. The van der Waals surface area contributed by atoms with Crippen molar-refractivity contribution in [2.24, 2.45) is 0 Å². The Balaban J connectivity index is 1.26. The highest BCUT2D eigenvalue weighted by molar-refractivity contribution is 5.54. The van der Waals surface area contributed by atoms with Gasteiger partial charge in [-0.1, -0.05) is 91.0 Å². The standard InChI is InChI=1S/C27H28N4/c1-4-10-22(11-5-1)26(23-12-6-2-7-13-23)31-18-16-30(17-19-31)21-25-20-28-27(29-25)24-14-8-3-9-15-24/h1-15,20,26H,16-19,21H2,(H,28,29). The number of piperazine rings is 1. The number of rotatable bonds is 6. The second kappa shape index (κ2) is 9.29. The summed E-state index contributed by atoms with van der Waals surface area (Å²) in [7, 11) is 0. The average molecular weight is 409 g/mol. The first-order valence-electron chi connectivity index (χ1n) is 11.0. The van der Waals surface area contributed by atoms with E-state index in [-0.39, 0.29) is 0 Å². The molecule has 0 radical (unpaired) electrons. The zero-order valence-electron chi connectivity index (χ0n) is 17.7. The smallest absolute Gasteiger partial charge is 0.137 e. The Hall–Kier alpha value is -3.21. The Morgan fingerprint density at radius 3 is 1.84 bits per heavy atom. The van der Waals surface area contributed by atoms with Crippen molar-refractivity contribution in [1.29, 1.82) is 0 Å². The predicted octanol–water partition coefficient (Wildman–Crippen LogP) is 4.98. The third-order valence-electron chi connectivity index (χ3n) is 6.07. The zero-order valence-corrected chi connectivity index (χ0v) is 17.7. The van der Waals surface area contributed by atoms with Gasteiger partial charge in [-0.25, -0.2) is 4.98 Å². The Kier molecular flexibility index (Phi) is 5.92.